The topological polar surface area (TPSA) is 123 Å². The van der Waals surface area contributed by atoms with E-state index in [-0.39, 0.29) is 17.0 Å². The third-order valence-electron chi connectivity index (χ3n) is 2.63. The molecule has 0 aliphatic carbocycles. The van der Waals surface area contributed by atoms with Crippen molar-refractivity contribution in [3.8, 4) is 0 Å². The summed E-state index contributed by atoms with van der Waals surface area (Å²) in [5, 5.41) is 21.9. The molecular weight excluding hydrogens is 292 g/mol. The summed E-state index contributed by atoms with van der Waals surface area (Å²) in [4.78, 5) is 33.2. The Bertz CT molecular complexity index is 748. The number of carbonyl (C=O) groups excluding carboxylic acids is 1. The summed E-state index contributed by atoms with van der Waals surface area (Å²) in [7, 11) is 0. The number of benzene rings is 1. The first kappa shape index (κ1) is 15.0. The van der Waals surface area contributed by atoms with Gasteiger partial charge in [0.15, 0.2) is 0 Å². The molecule has 0 fully saturated rings. The van der Waals surface area contributed by atoms with E-state index in [0.717, 1.165) is 12.1 Å². The number of carboxylic acid groups (broad SMARTS) is 1. The Morgan fingerprint density at radius 1 is 1.27 bits per heavy atom. The number of amides is 1. The fourth-order valence-electron chi connectivity index (χ4n) is 1.62. The van der Waals surface area contributed by atoms with Crippen molar-refractivity contribution in [2.45, 2.75) is 0 Å². The molecule has 0 radical (unpaired) electrons. The molecule has 0 unspecified atom stereocenters. The number of nitrogens with one attached hydrogen (secondary N) is 1. The van der Waals surface area contributed by atoms with Crippen molar-refractivity contribution in [2.75, 3.05) is 0 Å². The predicted octanol–water partition coefficient (Wildman–Crippen LogP) is 2.04. The molecule has 1 aromatic carbocycles. The van der Waals surface area contributed by atoms with Gasteiger partial charge in [0.25, 0.3) is 11.6 Å². The normalized spacial score (nSPS) is 11.0. The molecule has 2 rings (SSSR count). The summed E-state index contributed by atoms with van der Waals surface area (Å²) >= 11 is 0. The fourth-order valence-corrected chi connectivity index (χ4v) is 1.62. The summed E-state index contributed by atoms with van der Waals surface area (Å²) in [5.41, 5.74) is -0.702. The van der Waals surface area contributed by atoms with Gasteiger partial charge in [0.05, 0.1) is 11.2 Å². The first-order chi connectivity index (χ1) is 10.5. The van der Waals surface area contributed by atoms with E-state index in [9.17, 15) is 19.7 Å². The molecule has 2 N–H and O–H groups in total. The quantitative estimate of drug-likeness (QED) is 0.495. The van der Waals surface area contributed by atoms with Crippen molar-refractivity contribution in [2.24, 2.45) is 0 Å². The molecule has 2 aromatic rings. The van der Waals surface area contributed by atoms with Gasteiger partial charge >= 0.3 is 5.97 Å². The second kappa shape index (κ2) is 6.35. The van der Waals surface area contributed by atoms with Gasteiger partial charge in [-0.1, -0.05) is 6.07 Å². The summed E-state index contributed by atoms with van der Waals surface area (Å²) in [6.07, 6.45) is 2.49. The van der Waals surface area contributed by atoms with Crippen molar-refractivity contribution in [1.29, 1.82) is 0 Å². The van der Waals surface area contributed by atoms with Gasteiger partial charge < -0.3 is 14.8 Å². The van der Waals surface area contributed by atoms with Crippen LogP contribution in [-0.4, -0.2) is 21.9 Å². The lowest BCUT2D eigenvalue weighted by Crippen LogP contribution is -2.27. The number of hydrogen-bond acceptors (Lipinski definition) is 5. The fraction of sp³-hybridized carbons (Fsp3) is 0. The van der Waals surface area contributed by atoms with Crippen LogP contribution in [0.3, 0.4) is 0 Å². The number of nitro benzene ring substituents is 1. The Labute approximate surface area is 123 Å². The maximum Gasteiger partial charge on any atom is 0.352 e. The van der Waals surface area contributed by atoms with Crippen LogP contribution >= 0.6 is 0 Å². The van der Waals surface area contributed by atoms with Gasteiger partial charge in [-0.3, -0.25) is 14.9 Å². The Balaban J connectivity index is 2.24. The monoisotopic (exact) mass is 302 g/mol. The van der Waals surface area contributed by atoms with Gasteiger partial charge in [-0.25, -0.2) is 4.79 Å². The summed E-state index contributed by atoms with van der Waals surface area (Å²) in [5.74, 6) is -1.89. The number of furan rings is 1. The molecule has 0 aliphatic heterocycles. The first-order valence-electron chi connectivity index (χ1n) is 6.01. The van der Waals surface area contributed by atoms with Gasteiger partial charge in [0.1, 0.15) is 11.5 Å². The van der Waals surface area contributed by atoms with Gasteiger partial charge in [-0.2, -0.15) is 0 Å². The van der Waals surface area contributed by atoms with Crippen molar-refractivity contribution in [3.63, 3.8) is 0 Å². The van der Waals surface area contributed by atoms with Crippen LogP contribution in [0.15, 0.2) is 52.8 Å². The second-order valence-electron chi connectivity index (χ2n) is 4.14. The summed E-state index contributed by atoms with van der Waals surface area (Å²) in [6.45, 7) is 0. The molecule has 0 atom stereocenters. The van der Waals surface area contributed by atoms with Crippen LogP contribution in [0.5, 0.6) is 0 Å². The zero-order chi connectivity index (χ0) is 16.1. The lowest BCUT2D eigenvalue weighted by Gasteiger charge is -2.05. The highest BCUT2D eigenvalue weighted by Gasteiger charge is 2.16. The van der Waals surface area contributed by atoms with E-state index in [2.05, 4.69) is 5.32 Å². The Morgan fingerprint density at radius 2 is 2.05 bits per heavy atom. The summed E-state index contributed by atoms with van der Waals surface area (Å²) in [6, 6.07) is 8.05. The van der Waals surface area contributed by atoms with Crippen LogP contribution in [0.1, 0.15) is 16.1 Å². The molecule has 22 heavy (non-hydrogen) atoms. The van der Waals surface area contributed by atoms with Crippen molar-refractivity contribution in [3.05, 3.63) is 69.8 Å². The molecular formula is C14H10N2O6. The van der Waals surface area contributed by atoms with Gasteiger partial charge in [0.2, 0.25) is 0 Å². The zero-order valence-corrected chi connectivity index (χ0v) is 11.1. The SMILES string of the molecule is O=C(O)/C(=C/c1ccco1)NC(=O)c1cccc([N+](=O)[O-])c1. The minimum atomic E-state index is -1.37. The zero-order valence-electron chi connectivity index (χ0n) is 11.1. The Kier molecular flexibility index (Phi) is 4.33. The van der Waals surface area contributed by atoms with Crippen molar-refractivity contribution in [1.82, 2.24) is 5.32 Å². The molecule has 1 amide bonds. The maximum absolute atomic E-state index is 12.0. The molecule has 8 heteroatoms. The lowest BCUT2D eigenvalue weighted by atomic mass is 10.2. The van der Waals surface area contributed by atoms with E-state index < -0.39 is 22.5 Å². The second-order valence-corrected chi connectivity index (χ2v) is 4.14. The minimum absolute atomic E-state index is 0.0270. The van der Waals surface area contributed by atoms with Gasteiger partial charge in [-0.05, 0) is 18.2 Å². The van der Waals surface area contributed by atoms with Crippen LogP contribution < -0.4 is 5.32 Å². The van der Waals surface area contributed by atoms with Crippen molar-refractivity contribution < 1.29 is 24.0 Å². The standard InChI is InChI=1S/C14H10N2O6/c17-13(9-3-1-4-10(7-9)16(20)21)15-12(14(18)19)8-11-5-2-6-22-11/h1-8H,(H,15,17)(H,18,19)/b12-8-. The average molecular weight is 302 g/mol. The Morgan fingerprint density at radius 3 is 2.64 bits per heavy atom. The molecule has 8 nitrogen and oxygen atoms in total. The molecule has 112 valence electrons. The number of carbonyl (C=O) groups is 2. The van der Waals surface area contributed by atoms with Crippen LogP contribution in [0.4, 0.5) is 5.69 Å². The molecule has 0 saturated heterocycles. The number of rotatable bonds is 5. The predicted molar refractivity (Wildman–Crippen MR) is 74.9 cm³/mol. The number of aliphatic carboxylic acids is 1. The van der Waals surface area contributed by atoms with E-state index in [4.69, 9.17) is 9.52 Å². The third-order valence-corrected chi connectivity index (χ3v) is 2.63. The molecule has 0 spiro atoms. The smallest absolute Gasteiger partial charge is 0.352 e. The number of non-ortho nitro benzene ring substituents is 1. The third kappa shape index (κ3) is 3.57. The van der Waals surface area contributed by atoms with Crippen molar-refractivity contribution >= 4 is 23.6 Å². The van der Waals surface area contributed by atoms with E-state index >= 15 is 0 Å². The number of nitro groups is 1. The van der Waals surface area contributed by atoms with Crippen LogP contribution in [-0.2, 0) is 4.79 Å². The first-order valence-corrected chi connectivity index (χ1v) is 6.01. The molecule has 0 aliphatic rings. The van der Waals surface area contributed by atoms with Crippen LogP contribution in [0.25, 0.3) is 6.08 Å². The highest BCUT2D eigenvalue weighted by Crippen LogP contribution is 2.14. The minimum Gasteiger partial charge on any atom is -0.477 e. The lowest BCUT2D eigenvalue weighted by molar-refractivity contribution is -0.384. The van der Waals surface area contributed by atoms with E-state index in [1.807, 2.05) is 0 Å². The van der Waals surface area contributed by atoms with E-state index in [1.54, 1.807) is 6.07 Å². The maximum atomic E-state index is 12.0. The van der Waals surface area contributed by atoms with E-state index in [1.165, 1.54) is 30.5 Å². The Hall–Kier alpha value is -3.42. The highest BCUT2D eigenvalue weighted by atomic mass is 16.6. The molecule has 1 heterocycles. The van der Waals surface area contributed by atoms with Gasteiger partial charge in [-0.15, -0.1) is 0 Å². The van der Waals surface area contributed by atoms with E-state index in [0.29, 0.717) is 0 Å². The highest BCUT2D eigenvalue weighted by molar-refractivity contribution is 6.02. The largest absolute Gasteiger partial charge is 0.477 e. The van der Waals surface area contributed by atoms with Crippen LogP contribution in [0.2, 0.25) is 0 Å². The molecule has 1 aromatic heterocycles. The van der Waals surface area contributed by atoms with Crippen LogP contribution in [0, 0.1) is 10.1 Å². The number of nitrogens with zero attached hydrogens (tertiary/aromatic N) is 1. The number of hydrogen-bond donors (Lipinski definition) is 2. The number of carboxylic acids is 1. The molecule has 0 bridgehead atoms. The summed E-state index contributed by atoms with van der Waals surface area (Å²) < 4.78 is 4.97. The molecule has 0 saturated carbocycles. The van der Waals surface area contributed by atoms with Gasteiger partial charge in [0, 0.05) is 23.8 Å². The average Bonchev–Trinajstić information content (AvgIpc) is 2.99.